The quantitative estimate of drug-likeness (QED) is 0.758. The Morgan fingerprint density at radius 2 is 1.90 bits per heavy atom. The molecule has 0 atom stereocenters. The van der Waals surface area contributed by atoms with E-state index < -0.39 is 44.3 Å². The summed E-state index contributed by atoms with van der Waals surface area (Å²) in [6.07, 6.45) is 0. The maximum atomic E-state index is 13.3. The van der Waals surface area contributed by atoms with Crippen molar-refractivity contribution in [3.8, 4) is 0 Å². The minimum absolute atomic E-state index is 0.792. The van der Waals surface area contributed by atoms with Gasteiger partial charge in [-0.15, -0.1) is 5.10 Å². The molecule has 0 bridgehead atoms. The monoisotopic (exact) mass is 304 g/mol. The summed E-state index contributed by atoms with van der Waals surface area (Å²) in [7, 11) is -4.49. The molecule has 20 heavy (non-hydrogen) atoms. The van der Waals surface area contributed by atoms with Crippen molar-refractivity contribution >= 4 is 21.7 Å². The third-order valence-corrected chi connectivity index (χ3v) is 3.27. The highest BCUT2D eigenvalue weighted by Crippen LogP contribution is 2.20. The van der Waals surface area contributed by atoms with Gasteiger partial charge in [0.05, 0.1) is 0 Å². The number of nitrogens with one attached hydrogen (secondary N) is 2. The van der Waals surface area contributed by atoms with Crippen LogP contribution in [0.4, 0.5) is 14.5 Å². The highest BCUT2D eigenvalue weighted by Gasteiger charge is 2.24. The molecule has 2 rings (SSSR count). The maximum Gasteiger partial charge on any atom is 0.375 e. The average molecular weight is 304 g/mol. The van der Waals surface area contributed by atoms with Crippen LogP contribution in [0.2, 0.25) is 0 Å². The second-order valence-corrected chi connectivity index (χ2v) is 5.07. The Morgan fingerprint density at radius 3 is 2.40 bits per heavy atom. The van der Waals surface area contributed by atoms with Crippen molar-refractivity contribution in [1.29, 1.82) is 0 Å². The summed E-state index contributed by atoms with van der Waals surface area (Å²) < 4.78 is 51.8. The molecule has 0 saturated carbocycles. The van der Waals surface area contributed by atoms with Crippen LogP contribution in [0.25, 0.3) is 0 Å². The third kappa shape index (κ3) is 2.56. The van der Waals surface area contributed by atoms with Gasteiger partial charge in [-0.25, -0.2) is 18.7 Å². The van der Waals surface area contributed by atoms with E-state index in [1.165, 1.54) is 0 Å². The first-order valence-electron chi connectivity index (χ1n) is 4.94. The second-order valence-electron chi connectivity index (χ2n) is 3.47. The summed E-state index contributed by atoms with van der Waals surface area (Å²) in [6.45, 7) is 0. The van der Waals surface area contributed by atoms with Crippen LogP contribution in [0.1, 0.15) is 10.6 Å². The normalized spacial score (nSPS) is 11.3. The summed E-state index contributed by atoms with van der Waals surface area (Å²) in [5.41, 5.74) is -0.902. The smallest absolute Gasteiger partial charge is 0.375 e. The zero-order valence-electron chi connectivity index (χ0n) is 9.46. The lowest BCUT2D eigenvalue weighted by molar-refractivity contribution is 0.0684. The summed E-state index contributed by atoms with van der Waals surface area (Å²) in [4.78, 5) is 13.7. The van der Waals surface area contributed by atoms with Crippen LogP contribution >= 0.6 is 0 Å². The Balaban J connectivity index is 2.38. The topological polar surface area (TPSA) is 125 Å². The number of halogens is 2. The summed E-state index contributed by atoms with van der Waals surface area (Å²) >= 11 is 0. The third-order valence-electron chi connectivity index (χ3n) is 2.11. The predicted octanol–water partition coefficient (Wildman–Crippen LogP) is 0.582. The van der Waals surface area contributed by atoms with E-state index in [1.807, 2.05) is 5.10 Å². The van der Waals surface area contributed by atoms with Crippen molar-refractivity contribution in [3.05, 3.63) is 35.7 Å². The molecule has 0 aliphatic carbocycles. The molecular formula is C9H6F2N4O4S. The zero-order valence-corrected chi connectivity index (χ0v) is 10.3. The van der Waals surface area contributed by atoms with Crippen LogP contribution in [-0.4, -0.2) is 34.7 Å². The number of anilines is 1. The fraction of sp³-hybridized carbons (Fsp3) is 0. The molecule has 11 heteroatoms. The molecule has 0 amide bonds. The van der Waals surface area contributed by atoms with Gasteiger partial charge >= 0.3 is 5.97 Å². The number of aromatic amines is 1. The van der Waals surface area contributed by atoms with E-state index in [0.29, 0.717) is 0 Å². The molecule has 1 heterocycles. The van der Waals surface area contributed by atoms with Gasteiger partial charge in [0.1, 0.15) is 17.3 Å². The van der Waals surface area contributed by atoms with Gasteiger partial charge in [-0.05, 0) is 12.1 Å². The van der Waals surface area contributed by atoms with Crippen LogP contribution in [0, 0.1) is 11.6 Å². The fourth-order valence-electron chi connectivity index (χ4n) is 1.24. The molecule has 8 nitrogen and oxygen atoms in total. The first-order valence-corrected chi connectivity index (χ1v) is 6.42. The molecule has 0 saturated heterocycles. The lowest BCUT2D eigenvalue weighted by Crippen LogP contribution is -2.17. The Hall–Kier alpha value is -2.56. The summed E-state index contributed by atoms with van der Waals surface area (Å²) in [5.74, 6) is -4.61. The van der Waals surface area contributed by atoms with Gasteiger partial charge in [-0.2, -0.15) is 13.4 Å². The molecule has 106 valence electrons. The van der Waals surface area contributed by atoms with Crippen LogP contribution < -0.4 is 4.72 Å². The first kappa shape index (κ1) is 13.9. The Kier molecular flexibility index (Phi) is 3.36. The number of hydrogen-bond donors (Lipinski definition) is 3. The van der Waals surface area contributed by atoms with Crippen molar-refractivity contribution in [1.82, 2.24) is 15.2 Å². The van der Waals surface area contributed by atoms with Crippen LogP contribution in [-0.2, 0) is 10.0 Å². The lowest BCUT2D eigenvalue weighted by Gasteiger charge is -2.07. The predicted molar refractivity (Wildman–Crippen MR) is 60.5 cm³/mol. The number of para-hydroxylation sites is 1. The van der Waals surface area contributed by atoms with Crippen molar-refractivity contribution in [2.75, 3.05) is 4.72 Å². The van der Waals surface area contributed by atoms with Gasteiger partial charge in [0, 0.05) is 0 Å². The number of carboxylic acids is 1. The van der Waals surface area contributed by atoms with Gasteiger partial charge in [0.25, 0.3) is 21.0 Å². The molecular weight excluding hydrogens is 298 g/mol. The van der Waals surface area contributed by atoms with Crippen molar-refractivity contribution < 1.29 is 27.1 Å². The summed E-state index contributed by atoms with van der Waals surface area (Å²) in [6, 6.07) is 2.76. The molecule has 0 fully saturated rings. The second kappa shape index (κ2) is 4.85. The zero-order chi connectivity index (χ0) is 14.9. The summed E-state index contributed by atoms with van der Waals surface area (Å²) in [5, 5.41) is 12.7. The van der Waals surface area contributed by atoms with E-state index in [9.17, 15) is 22.0 Å². The van der Waals surface area contributed by atoms with E-state index in [0.717, 1.165) is 18.2 Å². The number of rotatable bonds is 4. The molecule has 0 aliphatic rings. The Morgan fingerprint density at radius 1 is 1.30 bits per heavy atom. The number of aromatic nitrogens is 3. The highest BCUT2D eigenvalue weighted by atomic mass is 32.2. The SMILES string of the molecule is O=C(O)c1n[nH]c(S(=O)(=O)Nc2c(F)cccc2F)n1. The number of carboxylic acid groups (broad SMARTS) is 1. The standard InChI is InChI=1S/C9H6F2N4O4S/c10-4-2-1-3-5(11)6(4)15-20(18,19)9-12-7(8(16)17)13-14-9/h1-3,15H,(H,16,17)(H,12,13,14). The van der Waals surface area contributed by atoms with Crippen LogP contribution in [0.5, 0.6) is 0 Å². The minimum atomic E-state index is -4.49. The fourth-order valence-corrected chi connectivity index (χ4v) is 2.17. The minimum Gasteiger partial charge on any atom is -0.475 e. The van der Waals surface area contributed by atoms with Gasteiger partial charge in [-0.3, -0.25) is 4.72 Å². The molecule has 1 aromatic carbocycles. The van der Waals surface area contributed by atoms with Gasteiger partial charge in [0.15, 0.2) is 0 Å². The van der Waals surface area contributed by atoms with Gasteiger partial charge in [0.2, 0.25) is 0 Å². The molecule has 0 spiro atoms. The number of aromatic carboxylic acids is 1. The molecule has 1 aromatic heterocycles. The van der Waals surface area contributed by atoms with E-state index in [-0.39, 0.29) is 0 Å². The number of benzene rings is 1. The van der Waals surface area contributed by atoms with Crippen LogP contribution in [0.15, 0.2) is 23.4 Å². The number of sulfonamides is 1. The van der Waals surface area contributed by atoms with Crippen LogP contribution in [0.3, 0.4) is 0 Å². The Labute approximate surface area is 110 Å². The highest BCUT2D eigenvalue weighted by molar-refractivity contribution is 7.92. The largest absolute Gasteiger partial charge is 0.475 e. The lowest BCUT2D eigenvalue weighted by atomic mass is 10.3. The first-order chi connectivity index (χ1) is 9.31. The number of carbonyl (C=O) groups is 1. The molecule has 0 aliphatic heterocycles. The Bertz CT molecular complexity index is 754. The molecule has 2 aromatic rings. The van der Waals surface area contributed by atoms with E-state index in [4.69, 9.17) is 5.11 Å². The number of nitrogens with zero attached hydrogens (tertiary/aromatic N) is 2. The molecule has 0 unspecified atom stereocenters. The number of hydrogen-bond acceptors (Lipinski definition) is 5. The molecule has 0 radical (unpaired) electrons. The van der Waals surface area contributed by atoms with Gasteiger partial charge in [-0.1, -0.05) is 6.07 Å². The van der Waals surface area contributed by atoms with E-state index in [1.54, 1.807) is 4.72 Å². The van der Waals surface area contributed by atoms with Crippen molar-refractivity contribution in [2.24, 2.45) is 0 Å². The maximum absolute atomic E-state index is 13.3. The van der Waals surface area contributed by atoms with Gasteiger partial charge < -0.3 is 5.11 Å². The average Bonchev–Trinajstić information content (AvgIpc) is 2.84. The van der Waals surface area contributed by atoms with Crippen molar-refractivity contribution in [2.45, 2.75) is 5.16 Å². The number of H-pyrrole nitrogens is 1. The molecule has 3 N–H and O–H groups in total. The van der Waals surface area contributed by atoms with Crippen molar-refractivity contribution in [3.63, 3.8) is 0 Å². The van der Waals surface area contributed by atoms with E-state index in [2.05, 4.69) is 10.1 Å². The van der Waals surface area contributed by atoms with E-state index >= 15 is 0 Å².